The summed E-state index contributed by atoms with van der Waals surface area (Å²) in [6.45, 7) is 0.974. The number of methoxy groups -OCH3 is 1. The first kappa shape index (κ1) is 16.1. The zero-order valence-corrected chi connectivity index (χ0v) is 13.6. The molecule has 0 aliphatic carbocycles. The van der Waals surface area contributed by atoms with Crippen molar-refractivity contribution in [2.24, 2.45) is 5.92 Å². The Bertz CT molecular complexity index is 713. The van der Waals surface area contributed by atoms with Gasteiger partial charge in [0.2, 0.25) is 11.8 Å². The Labute approximate surface area is 141 Å². The molecular weight excluding hydrogens is 304 g/mol. The lowest BCUT2D eigenvalue weighted by Gasteiger charge is -2.16. The molecule has 1 aliphatic rings. The highest BCUT2D eigenvalue weighted by Gasteiger charge is 2.37. The molecule has 1 atom stereocenters. The molecule has 1 fully saturated rings. The number of ether oxygens (including phenoxy) is 1. The first-order valence-electron chi connectivity index (χ1n) is 7.96. The molecule has 0 unspecified atom stereocenters. The molecule has 1 N–H and O–H groups in total. The fourth-order valence-electron chi connectivity index (χ4n) is 2.84. The van der Waals surface area contributed by atoms with Crippen molar-refractivity contribution in [2.45, 2.75) is 13.0 Å². The molecule has 124 valence electrons. The number of benzene rings is 2. The van der Waals surface area contributed by atoms with Crippen molar-refractivity contribution in [1.29, 1.82) is 0 Å². The number of nitrogens with one attached hydrogen (secondary N) is 1. The second kappa shape index (κ2) is 7.17. The number of hydrogen-bond donors (Lipinski definition) is 1. The van der Waals surface area contributed by atoms with Crippen LogP contribution in [0.25, 0.3) is 0 Å². The summed E-state index contributed by atoms with van der Waals surface area (Å²) in [5.74, 6) is -0.180. The van der Waals surface area contributed by atoms with Gasteiger partial charge in [0.15, 0.2) is 0 Å². The normalized spacial score (nSPS) is 17.0. The maximum atomic E-state index is 12.5. The Morgan fingerprint density at radius 1 is 1.17 bits per heavy atom. The number of rotatable bonds is 5. The first-order chi connectivity index (χ1) is 11.7. The van der Waals surface area contributed by atoms with Crippen LogP contribution in [0.4, 0.5) is 5.69 Å². The summed E-state index contributed by atoms with van der Waals surface area (Å²) in [5, 5.41) is 2.85. The second-order valence-corrected chi connectivity index (χ2v) is 5.73. The molecule has 2 amide bonds. The topological polar surface area (TPSA) is 58.6 Å². The van der Waals surface area contributed by atoms with Crippen molar-refractivity contribution >= 4 is 17.5 Å². The van der Waals surface area contributed by atoms with Gasteiger partial charge in [0.05, 0.1) is 7.11 Å². The van der Waals surface area contributed by atoms with Gasteiger partial charge in [-0.1, -0.05) is 30.3 Å². The Hall–Kier alpha value is -2.82. The quantitative estimate of drug-likeness (QED) is 0.859. The number of amides is 2. The molecule has 1 aliphatic heterocycles. The lowest BCUT2D eigenvalue weighted by Crippen LogP contribution is -2.36. The van der Waals surface area contributed by atoms with Crippen LogP contribution >= 0.6 is 0 Å². The average molecular weight is 324 g/mol. The molecule has 0 saturated carbocycles. The zero-order chi connectivity index (χ0) is 16.9. The summed E-state index contributed by atoms with van der Waals surface area (Å²) in [7, 11) is 1.61. The van der Waals surface area contributed by atoms with Crippen molar-refractivity contribution in [3.63, 3.8) is 0 Å². The third kappa shape index (κ3) is 3.40. The van der Waals surface area contributed by atoms with Gasteiger partial charge in [-0.2, -0.15) is 0 Å². The van der Waals surface area contributed by atoms with Crippen molar-refractivity contribution in [3.8, 4) is 5.75 Å². The van der Waals surface area contributed by atoms with Gasteiger partial charge in [-0.15, -0.1) is 0 Å². The van der Waals surface area contributed by atoms with Crippen molar-refractivity contribution in [3.05, 3.63) is 60.2 Å². The van der Waals surface area contributed by atoms with Crippen LogP contribution in [-0.2, 0) is 16.1 Å². The summed E-state index contributed by atoms with van der Waals surface area (Å²) in [4.78, 5) is 26.5. The summed E-state index contributed by atoms with van der Waals surface area (Å²) < 4.78 is 5.11. The van der Waals surface area contributed by atoms with Crippen molar-refractivity contribution < 1.29 is 14.3 Å². The summed E-state index contributed by atoms with van der Waals surface area (Å²) in [5.41, 5.74) is 1.81. The molecule has 5 nitrogen and oxygen atoms in total. The van der Waals surface area contributed by atoms with E-state index >= 15 is 0 Å². The minimum atomic E-state index is -0.608. The van der Waals surface area contributed by atoms with Gasteiger partial charge in [-0.05, 0) is 36.2 Å². The fraction of sp³-hybridized carbons (Fsp3) is 0.263. The van der Waals surface area contributed by atoms with Gasteiger partial charge >= 0.3 is 0 Å². The molecule has 0 spiro atoms. The SMILES string of the molecule is COc1ccc(CNC(=O)[C@H]2CCN(c3ccccc3)C2=O)cc1. The third-order valence-electron chi connectivity index (χ3n) is 4.22. The van der Waals surface area contributed by atoms with Gasteiger partial charge in [0, 0.05) is 18.8 Å². The molecule has 5 heteroatoms. The van der Waals surface area contributed by atoms with E-state index in [1.54, 1.807) is 12.0 Å². The first-order valence-corrected chi connectivity index (χ1v) is 7.96. The fourth-order valence-corrected chi connectivity index (χ4v) is 2.84. The highest BCUT2D eigenvalue weighted by molar-refractivity contribution is 6.09. The maximum Gasteiger partial charge on any atom is 0.239 e. The minimum absolute atomic E-state index is 0.131. The molecule has 0 radical (unpaired) electrons. The van der Waals surface area contributed by atoms with Gasteiger partial charge in [-0.25, -0.2) is 0 Å². The van der Waals surface area contributed by atoms with Crippen LogP contribution in [0.3, 0.4) is 0 Å². The zero-order valence-electron chi connectivity index (χ0n) is 13.6. The number of hydrogen-bond acceptors (Lipinski definition) is 3. The summed E-state index contributed by atoms with van der Waals surface area (Å²) in [6.07, 6.45) is 0.544. The van der Waals surface area contributed by atoms with Gasteiger partial charge in [-0.3, -0.25) is 9.59 Å². The standard InChI is InChI=1S/C19H20N2O3/c1-24-16-9-7-14(8-10-16)13-20-18(22)17-11-12-21(19(17)23)15-5-3-2-4-6-15/h2-10,17H,11-13H2,1H3,(H,20,22)/t17-/m1/s1. The Kier molecular flexibility index (Phi) is 4.79. The number of carbonyl (C=O) groups excluding carboxylic acids is 2. The van der Waals surface area contributed by atoms with Crippen LogP contribution in [0.15, 0.2) is 54.6 Å². The summed E-state index contributed by atoms with van der Waals surface area (Å²) in [6, 6.07) is 16.9. The van der Waals surface area contributed by atoms with E-state index < -0.39 is 5.92 Å². The van der Waals surface area contributed by atoms with E-state index in [0.717, 1.165) is 17.0 Å². The molecule has 0 bridgehead atoms. The number of anilines is 1. The van der Waals surface area contributed by atoms with Gasteiger partial charge in [0.1, 0.15) is 11.7 Å². The van der Waals surface area contributed by atoms with Crippen LogP contribution in [0.5, 0.6) is 5.75 Å². The third-order valence-corrected chi connectivity index (χ3v) is 4.22. The van der Waals surface area contributed by atoms with E-state index in [0.29, 0.717) is 19.5 Å². The Morgan fingerprint density at radius 2 is 1.88 bits per heavy atom. The van der Waals surface area contributed by atoms with E-state index in [9.17, 15) is 9.59 Å². The molecule has 24 heavy (non-hydrogen) atoms. The Balaban J connectivity index is 1.58. The molecule has 3 rings (SSSR count). The lowest BCUT2D eigenvalue weighted by atomic mass is 10.1. The van der Waals surface area contributed by atoms with E-state index in [4.69, 9.17) is 4.74 Å². The highest BCUT2D eigenvalue weighted by Crippen LogP contribution is 2.25. The largest absolute Gasteiger partial charge is 0.497 e. The van der Waals surface area contributed by atoms with E-state index in [-0.39, 0.29) is 11.8 Å². The van der Waals surface area contributed by atoms with Crippen LogP contribution in [0.2, 0.25) is 0 Å². The molecular formula is C19H20N2O3. The van der Waals surface area contributed by atoms with Gasteiger partial charge < -0.3 is 15.0 Å². The molecule has 1 heterocycles. The van der Waals surface area contributed by atoms with E-state index in [1.807, 2.05) is 54.6 Å². The minimum Gasteiger partial charge on any atom is -0.497 e. The van der Waals surface area contributed by atoms with E-state index in [2.05, 4.69) is 5.32 Å². The van der Waals surface area contributed by atoms with Crippen LogP contribution in [-0.4, -0.2) is 25.5 Å². The van der Waals surface area contributed by atoms with Gasteiger partial charge in [0.25, 0.3) is 0 Å². The van der Waals surface area contributed by atoms with Crippen LogP contribution in [0, 0.1) is 5.92 Å². The molecule has 2 aromatic carbocycles. The van der Waals surface area contributed by atoms with Crippen LogP contribution in [0.1, 0.15) is 12.0 Å². The number of para-hydroxylation sites is 1. The monoisotopic (exact) mass is 324 g/mol. The van der Waals surface area contributed by atoms with Crippen LogP contribution < -0.4 is 15.0 Å². The Morgan fingerprint density at radius 3 is 2.54 bits per heavy atom. The number of carbonyl (C=O) groups is 2. The average Bonchev–Trinajstić information content (AvgIpc) is 3.02. The van der Waals surface area contributed by atoms with Crippen molar-refractivity contribution in [2.75, 3.05) is 18.6 Å². The molecule has 0 aromatic heterocycles. The molecule has 2 aromatic rings. The highest BCUT2D eigenvalue weighted by atomic mass is 16.5. The van der Waals surface area contributed by atoms with Crippen molar-refractivity contribution in [1.82, 2.24) is 5.32 Å². The predicted molar refractivity (Wildman–Crippen MR) is 91.7 cm³/mol. The smallest absolute Gasteiger partial charge is 0.239 e. The van der Waals surface area contributed by atoms with E-state index in [1.165, 1.54) is 0 Å². The molecule has 1 saturated heterocycles. The lowest BCUT2D eigenvalue weighted by molar-refractivity contribution is -0.132. The maximum absolute atomic E-state index is 12.5. The summed E-state index contributed by atoms with van der Waals surface area (Å²) >= 11 is 0. The number of nitrogens with zero attached hydrogens (tertiary/aromatic N) is 1. The second-order valence-electron chi connectivity index (χ2n) is 5.73. The predicted octanol–water partition coefficient (Wildman–Crippen LogP) is 2.36.